The largest absolute Gasteiger partial charge is 0.497 e. The van der Waals surface area contributed by atoms with Crippen LogP contribution in [0.25, 0.3) is 6.08 Å². The molecule has 1 saturated heterocycles. The van der Waals surface area contributed by atoms with Gasteiger partial charge in [0.2, 0.25) is 5.91 Å². The van der Waals surface area contributed by atoms with Gasteiger partial charge in [0.05, 0.1) is 17.7 Å². The number of carbonyl (C=O) groups is 3. The number of thioether (sulfide) groups is 1. The minimum absolute atomic E-state index is 0.0230. The van der Waals surface area contributed by atoms with Crippen LogP contribution in [0.3, 0.4) is 0 Å². The number of anilines is 1. The van der Waals surface area contributed by atoms with Gasteiger partial charge < -0.3 is 10.1 Å². The Morgan fingerprint density at radius 1 is 1.18 bits per heavy atom. The predicted molar refractivity (Wildman–Crippen MR) is 113 cm³/mol. The first-order valence-corrected chi connectivity index (χ1v) is 10.0. The molecule has 0 aliphatic carbocycles. The number of hydrogen-bond donors (Lipinski definition) is 1. The number of imide groups is 1. The first kappa shape index (κ1) is 20.2. The number of para-hydroxylation sites is 1. The normalized spacial score (nSPS) is 15.2. The van der Waals surface area contributed by atoms with Crippen molar-refractivity contribution in [3.05, 3.63) is 63.5 Å². The van der Waals surface area contributed by atoms with Gasteiger partial charge in [-0.25, -0.2) is 0 Å². The zero-order valence-corrected chi connectivity index (χ0v) is 17.4. The summed E-state index contributed by atoms with van der Waals surface area (Å²) >= 11 is 4.23. The van der Waals surface area contributed by atoms with Crippen molar-refractivity contribution in [1.82, 2.24) is 4.90 Å². The van der Waals surface area contributed by atoms with Crippen LogP contribution in [0.1, 0.15) is 12.0 Å². The number of halogens is 1. The fraction of sp³-hybridized carbons (Fsp3) is 0.150. The summed E-state index contributed by atoms with van der Waals surface area (Å²) in [5, 5.41) is 2.38. The van der Waals surface area contributed by atoms with Crippen LogP contribution in [0.2, 0.25) is 0 Å². The highest BCUT2D eigenvalue weighted by atomic mass is 79.9. The van der Waals surface area contributed by atoms with E-state index >= 15 is 0 Å². The molecule has 1 aliphatic rings. The van der Waals surface area contributed by atoms with Gasteiger partial charge in [0.25, 0.3) is 11.1 Å². The molecule has 3 amide bonds. The lowest BCUT2D eigenvalue weighted by Gasteiger charge is -2.12. The van der Waals surface area contributed by atoms with Crippen LogP contribution < -0.4 is 10.1 Å². The molecule has 0 unspecified atom stereocenters. The van der Waals surface area contributed by atoms with Gasteiger partial charge in [0.15, 0.2) is 0 Å². The quantitative estimate of drug-likeness (QED) is 0.641. The highest BCUT2D eigenvalue weighted by Crippen LogP contribution is 2.32. The Labute approximate surface area is 175 Å². The molecular weight excluding hydrogens is 444 g/mol. The number of ether oxygens (including phenoxy) is 1. The number of amides is 3. The minimum Gasteiger partial charge on any atom is -0.497 e. The SMILES string of the molecule is COc1ccc(/C=C2\SC(=O)N(CCC(=O)Nc3ccccc3Br)C2=O)cc1. The average molecular weight is 461 g/mol. The Morgan fingerprint density at radius 3 is 2.57 bits per heavy atom. The Bertz CT molecular complexity index is 943. The molecule has 0 spiro atoms. The number of rotatable bonds is 6. The first-order valence-electron chi connectivity index (χ1n) is 8.42. The molecule has 0 saturated carbocycles. The zero-order chi connectivity index (χ0) is 20.1. The summed E-state index contributed by atoms with van der Waals surface area (Å²) in [6, 6.07) is 14.4. The van der Waals surface area contributed by atoms with E-state index in [9.17, 15) is 14.4 Å². The zero-order valence-electron chi connectivity index (χ0n) is 15.0. The number of nitrogens with zero attached hydrogens (tertiary/aromatic N) is 1. The van der Waals surface area contributed by atoms with Gasteiger partial charge in [-0.3, -0.25) is 19.3 Å². The second-order valence-electron chi connectivity index (χ2n) is 5.88. The molecule has 8 heteroatoms. The van der Waals surface area contributed by atoms with Crippen molar-refractivity contribution in [1.29, 1.82) is 0 Å². The second-order valence-corrected chi connectivity index (χ2v) is 7.73. The number of carbonyl (C=O) groups excluding carboxylic acids is 3. The third-order valence-electron chi connectivity index (χ3n) is 4.00. The Hall–Kier alpha value is -2.58. The maximum absolute atomic E-state index is 12.5. The van der Waals surface area contributed by atoms with Crippen LogP contribution >= 0.6 is 27.7 Å². The number of nitrogens with one attached hydrogen (secondary N) is 1. The molecular formula is C20H17BrN2O4S. The maximum Gasteiger partial charge on any atom is 0.293 e. The molecule has 0 aromatic heterocycles. The smallest absolute Gasteiger partial charge is 0.293 e. The van der Waals surface area contributed by atoms with E-state index in [1.807, 2.05) is 12.1 Å². The lowest BCUT2D eigenvalue weighted by Crippen LogP contribution is -2.31. The molecule has 144 valence electrons. The van der Waals surface area contributed by atoms with E-state index < -0.39 is 0 Å². The molecule has 1 N–H and O–H groups in total. The van der Waals surface area contributed by atoms with Crippen molar-refractivity contribution in [2.24, 2.45) is 0 Å². The molecule has 6 nitrogen and oxygen atoms in total. The van der Waals surface area contributed by atoms with Crippen LogP contribution in [0, 0.1) is 0 Å². The van der Waals surface area contributed by atoms with E-state index in [-0.39, 0.29) is 30.0 Å². The van der Waals surface area contributed by atoms with Crippen LogP contribution in [-0.2, 0) is 9.59 Å². The van der Waals surface area contributed by atoms with Crippen LogP contribution in [0.4, 0.5) is 10.5 Å². The third kappa shape index (κ3) is 4.82. The summed E-state index contributed by atoms with van der Waals surface area (Å²) in [5.41, 5.74) is 1.43. The standard InChI is InChI=1S/C20H17BrN2O4S/c1-27-14-8-6-13(7-9-14)12-17-19(25)23(20(26)28-17)11-10-18(24)22-16-5-3-2-4-15(16)21/h2-9,12H,10-11H2,1H3,(H,22,24)/b17-12-. The summed E-state index contributed by atoms with van der Waals surface area (Å²) in [6.07, 6.45) is 1.68. The van der Waals surface area contributed by atoms with E-state index in [1.165, 1.54) is 0 Å². The van der Waals surface area contributed by atoms with Crippen LogP contribution in [0.5, 0.6) is 5.75 Å². The monoisotopic (exact) mass is 460 g/mol. The van der Waals surface area contributed by atoms with Crippen molar-refractivity contribution in [2.45, 2.75) is 6.42 Å². The number of benzene rings is 2. The first-order chi connectivity index (χ1) is 13.5. The maximum atomic E-state index is 12.5. The van der Waals surface area contributed by atoms with Crippen LogP contribution in [0.15, 0.2) is 57.9 Å². The summed E-state index contributed by atoms with van der Waals surface area (Å²) in [6.45, 7) is 0.0287. The molecule has 2 aromatic rings. The third-order valence-corrected chi connectivity index (χ3v) is 5.60. The second kappa shape index (κ2) is 9.07. The van der Waals surface area contributed by atoms with Crippen LogP contribution in [-0.4, -0.2) is 35.6 Å². The molecule has 2 aromatic carbocycles. The van der Waals surface area contributed by atoms with E-state index in [0.717, 1.165) is 26.7 Å². The van der Waals surface area contributed by atoms with E-state index in [2.05, 4.69) is 21.2 Å². The number of methoxy groups -OCH3 is 1. The molecule has 1 aliphatic heterocycles. The van der Waals surface area contributed by atoms with Gasteiger partial charge in [0, 0.05) is 17.4 Å². The summed E-state index contributed by atoms with van der Waals surface area (Å²) in [7, 11) is 1.58. The molecule has 1 fully saturated rings. The van der Waals surface area contributed by atoms with Gasteiger partial charge >= 0.3 is 0 Å². The van der Waals surface area contributed by atoms with Crippen molar-refractivity contribution in [2.75, 3.05) is 19.0 Å². The lowest BCUT2D eigenvalue weighted by molar-refractivity contribution is -0.123. The molecule has 0 radical (unpaired) electrons. The van der Waals surface area contributed by atoms with Gasteiger partial charge in [-0.2, -0.15) is 0 Å². The summed E-state index contributed by atoms with van der Waals surface area (Å²) < 4.78 is 5.86. The Kier molecular flexibility index (Phi) is 6.53. The number of hydrogen-bond acceptors (Lipinski definition) is 5. The van der Waals surface area contributed by atoms with E-state index in [0.29, 0.717) is 16.3 Å². The van der Waals surface area contributed by atoms with Crippen molar-refractivity contribution >= 4 is 56.5 Å². The fourth-order valence-electron chi connectivity index (χ4n) is 2.53. The molecule has 28 heavy (non-hydrogen) atoms. The van der Waals surface area contributed by atoms with E-state index in [1.54, 1.807) is 49.6 Å². The summed E-state index contributed by atoms with van der Waals surface area (Å²) in [4.78, 5) is 38.3. The average Bonchev–Trinajstić information content (AvgIpc) is 2.95. The van der Waals surface area contributed by atoms with Gasteiger partial charge in [-0.1, -0.05) is 24.3 Å². The highest BCUT2D eigenvalue weighted by Gasteiger charge is 2.35. The van der Waals surface area contributed by atoms with E-state index in [4.69, 9.17) is 4.74 Å². The van der Waals surface area contributed by atoms with Crippen molar-refractivity contribution in [3.8, 4) is 5.75 Å². The molecule has 0 bridgehead atoms. The fourth-order valence-corrected chi connectivity index (χ4v) is 3.78. The predicted octanol–water partition coefficient (Wildman–Crippen LogP) is 4.52. The highest BCUT2D eigenvalue weighted by molar-refractivity contribution is 9.10. The van der Waals surface area contributed by atoms with Gasteiger partial charge in [-0.05, 0) is 63.6 Å². The molecule has 1 heterocycles. The molecule has 3 rings (SSSR count). The lowest BCUT2D eigenvalue weighted by atomic mass is 10.2. The summed E-state index contributed by atoms with van der Waals surface area (Å²) in [5.74, 6) is 0.0471. The van der Waals surface area contributed by atoms with Gasteiger partial charge in [0.1, 0.15) is 5.75 Å². The van der Waals surface area contributed by atoms with Crippen molar-refractivity contribution in [3.63, 3.8) is 0 Å². The van der Waals surface area contributed by atoms with Gasteiger partial charge in [-0.15, -0.1) is 0 Å². The van der Waals surface area contributed by atoms with Crippen molar-refractivity contribution < 1.29 is 19.1 Å². The molecule has 0 atom stereocenters. The Balaban J connectivity index is 1.61. The minimum atomic E-state index is -0.389. The Morgan fingerprint density at radius 2 is 1.89 bits per heavy atom. The topological polar surface area (TPSA) is 75.7 Å².